The minimum Gasteiger partial charge on any atom is -0.381 e. The number of hydrogen-bond donors (Lipinski definition) is 2. The number of hydrogen-bond acceptors (Lipinski definition) is 4. The third-order valence-corrected chi connectivity index (χ3v) is 5.06. The highest BCUT2D eigenvalue weighted by molar-refractivity contribution is 7.99. The van der Waals surface area contributed by atoms with Gasteiger partial charge in [0.15, 0.2) is 0 Å². The first-order valence-electron chi connectivity index (χ1n) is 9.63. The molecule has 3 nitrogen and oxygen atoms in total. The van der Waals surface area contributed by atoms with Gasteiger partial charge in [-0.3, -0.25) is 0 Å². The fourth-order valence-electron chi connectivity index (χ4n) is 3.13. The van der Waals surface area contributed by atoms with E-state index in [-0.39, 0.29) is 0 Å². The van der Waals surface area contributed by atoms with Crippen molar-refractivity contribution in [2.24, 2.45) is 0 Å². The third-order valence-electron chi connectivity index (χ3n) is 4.62. The summed E-state index contributed by atoms with van der Waals surface area (Å²) in [5.41, 5.74) is 7.58. The quantitative estimate of drug-likeness (QED) is 0.315. The number of benzene rings is 2. The Morgan fingerprint density at radius 1 is 1.10 bits per heavy atom. The van der Waals surface area contributed by atoms with Crippen molar-refractivity contribution in [1.82, 2.24) is 4.98 Å². The van der Waals surface area contributed by atoms with E-state index in [2.05, 4.69) is 72.1 Å². The van der Waals surface area contributed by atoms with Crippen molar-refractivity contribution in [2.45, 2.75) is 20.4 Å². The van der Waals surface area contributed by atoms with E-state index >= 15 is 0 Å². The lowest BCUT2D eigenvalue weighted by atomic mass is 10.0. The number of nitrogens with zero attached hydrogens (tertiary/aromatic N) is 1. The Kier molecular flexibility index (Phi) is 7.14. The smallest absolute Gasteiger partial charge is 0.0713 e. The van der Waals surface area contributed by atoms with Gasteiger partial charge in [0.25, 0.3) is 0 Å². The van der Waals surface area contributed by atoms with Crippen LogP contribution in [0.2, 0.25) is 0 Å². The number of rotatable bonds is 8. The molecular formula is C25H27N3S. The topological polar surface area (TPSA) is 37.0 Å². The fraction of sp³-hybridized carbons (Fsp3) is 0.160. The highest BCUT2D eigenvalue weighted by Gasteiger charge is 2.08. The van der Waals surface area contributed by atoms with Crippen LogP contribution >= 0.6 is 11.9 Å². The van der Waals surface area contributed by atoms with Crippen LogP contribution in [-0.4, -0.2) is 11.2 Å². The fourth-order valence-corrected chi connectivity index (χ4v) is 3.50. The number of aromatic nitrogens is 1. The van der Waals surface area contributed by atoms with E-state index < -0.39 is 0 Å². The lowest BCUT2D eigenvalue weighted by Gasteiger charge is -2.13. The van der Waals surface area contributed by atoms with Crippen LogP contribution in [0.25, 0.3) is 16.5 Å². The molecule has 0 aliphatic heterocycles. The number of nitrogens with one attached hydrogen (secondary N) is 2. The van der Waals surface area contributed by atoms with Gasteiger partial charge < -0.3 is 10.0 Å². The summed E-state index contributed by atoms with van der Waals surface area (Å²) < 4.78 is 3.24. The Morgan fingerprint density at radius 3 is 2.55 bits per heavy atom. The van der Waals surface area contributed by atoms with Crippen LogP contribution in [0, 0.1) is 6.92 Å². The van der Waals surface area contributed by atoms with Crippen LogP contribution in [0.15, 0.2) is 79.4 Å². The summed E-state index contributed by atoms with van der Waals surface area (Å²) in [4.78, 5) is 4.88. The first kappa shape index (κ1) is 20.7. The van der Waals surface area contributed by atoms with Crippen molar-refractivity contribution >= 4 is 39.8 Å². The maximum atomic E-state index is 4.88. The predicted molar refractivity (Wildman–Crippen MR) is 130 cm³/mol. The van der Waals surface area contributed by atoms with Crippen molar-refractivity contribution in [2.75, 3.05) is 16.3 Å². The monoisotopic (exact) mass is 401 g/mol. The predicted octanol–water partition coefficient (Wildman–Crippen LogP) is 6.99. The van der Waals surface area contributed by atoms with E-state index in [0.29, 0.717) is 0 Å². The summed E-state index contributed by atoms with van der Waals surface area (Å²) in [7, 11) is 0. The van der Waals surface area contributed by atoms with Crippen LogP contribution in [0.1, 0.15) is 23.7 Å². The Morgan fingerprint density at radius 2 is 1.86 bits per heavy atom. The van der Waals surface area contributed by atoms with Crippen LogP contribution < -0.4 is 10.0 Å². The van der Waals surface area contributed by atoms with Gasteiger partial charge in [-0.25, -0.2) is 4.98 Å². The van der Waals surface area contributed by atoms with Crippen LogP contribution in [-0.2, 0) is 6.54 Å². The minimum atomic E-state index is 0.721. The molecule has 0 fully saturated rings. The minimum absolute atomic E-state index is 0.721. The number of allylic oxidation sites excluding steroid dienone is 5. The molecule has 0 spiro atoms. The summed E-state index contributed by atoms with van der Waals surface area (Å²) in [5.74, 6) is 0. The van der Waals surface area contributed by atoms with Crippen molar-refractivity contribution in [3.8, 4) is 0 Å². The van der Waals surface area contributed by atoms with Gasteiger partial charge in [0, 0.05) is 29.6 Å². The molecule has 0 radical (unpaired) electrons. The lowest BCUT2D eigenvalue weighted by Crippen LogP contribution is -2.03. The van der Waals surface area contributed by atoms with Gasteiger partial charge in [0.1, 0.15) is 0 Å². The molecule has 2 aromatic carbocycles. The number of aryl methyl sites for hydroxylation is 1. The van der Waals surface area contributed by atoms with Gasteiger partial charge in [-0.15, -0.1) is 0 Å². The molecule has 0 saturated heterocycles. The number of pyridine rings is 1. The zero-order chi connectivity index (χ0) is 20.6. The molecule has 0 atom stereocenters. The molecule has 148 valence electrons. The molecule has 0 unspecified atom stereocenters. The zero-order valence-electron chi connectivity index (χ0n) is 17.2. The number of anilines is 2. The summed E-state index contributed by atoms with van der Waals surface area (Å²) in [5, 5.41) is 4.72. The molecule has 0 amide bonds. The molecule has 1 aromatic heterocycles. The second-order valence-corrected chi connectivity index (χ2v) is 7.39. The Labute approximate surface area is 177 Å². The van der Waals surface area contributed by atoms with Crippen LogP contribution in [0.3, 0.4) is 0 Å². The average Bonchev–Trinajstić information content (AvgIpc) is 2.74. The largest absolute Gasteiger partial charge is 0.381 e. The summed E-state index contributed by atoms with van der Waals surface area (Å²) in [6, 6.07) is 16.9. The van der Waals surface area contributed by atoms with Gasteiger partial charge in [-0.1, -0.05) is 54.5 Å². The lowest BCUT2D eigenvalue weighted by molar-refractivity contribution is 1.15. The average molecular weight is 402 g/mol. The van der Waals surface area contributed by atoms with Gasteiger partial charge in [0.05, 0.1) is 11.2 Å². The van der Waals surface area contributed by atoms with Crippen LogP contribution in [0.5, 0.6) is 0 Å². The molecule has 0 bridgehead atoms. The highest BCUT2D eigenvalue weighted by atomic mass is 32.2. The second-order valence-electron chi connectivity index (χ2n) is 6.78. The molecule has 2 N–H and O–H groups in total. The van der Waals surface area contributed by atoms with Gasteiger partial charge in [0.2, 0.25) is 0 Å². The Balaban J connectivity index is 1.95. The Hall–Kier alpha value is -2.98. The highest BCUT2D eigenvalue weighted by Crippen LogP contribution is 2.25. The van der Waals surface area contributed by atoms with Crippen molar-refractivity contribution in [3.05, 3.63) is 96.2 Å². The summed E-state index contributed by atoms with van der Waals surface area (Å²) in [6.45, 7) is 8.80. The van der Waals surface area contributed by atoms with Gasteiger partial charge >= 0.3 is 0 Å². The van der Waals surface area contributed by atoms with E-state index in [0.717, 1.165) is 34.7 Å². The van der Waals surface area contributed by atoms with Gasteiger partial charge in [-0.2, -0.15) is 0 Å². The molecule has 0 aliphatic carbocycles. The molecule has 3 rings (SSSR count). The summed E-state index contributed by atoms with van der Waals surface area (Å²) >= 11 is 1.59. The molecule has 0 aliphatic rings. The maximum Gasteiger partial charge on any atom is 0.0713 e. The zero-order valence-corrected chi connectivity index (χ0v) is 18.0. The van der Waals surface area contributed by atoms with E-state index in [1.54, 1.807) is 11.9 Å². The second kappa shape index (κ2) is 9.99. The standard InChI is InChI=1S/C25H27N3S/c1-5-7-8-19(6-2)25-16-20(23-15-18(3)9-14-24(23)27-25)17-26-21-10-12-22(13-11-21)28-29-4/h5-16,26,28H,2,17H2,1,3-4H3/b7-5-,19-8+. The first-order chi connectivity index (χ1) is 14.1. The number of fused-ring (bicyclic) bond motifs is 1. The van der Waals surface area contributed by atoms with E-state index in [1.807, 2.05) is 37.5 Å². The Bertz CT molecular complexity index is 1050. The van der Waals surface area contributed by atoms with Crippen molar-refractivity contribution in [1.29, 1.82) is 0 Å². The van der Waals surface area contributed by atoms with Crippen molar-refractivity contribution in [3.63, 3.8) is 0 Å². The molecule has 3 aromatic rings. The third kappa shape index (κ3) is 5.30. The van der Waals surface area contributed by atoms with E-state index in [1.165, 1.54) is 16.5 Å². The van der Waals surface area contributed by atoms with Crippen LogP contribution in [0.4, 0.5) is 11.4 Å². The SMILES string of the molecule is C=C/C(=C\C=C/C)c1cc(CNc2ccc(NSC)cc2)c2cc(C)ccc2n1. The molecule has 4 heteroatoms. The molecular weight excluding hydrogens is 374 g/mol. The van der Waals surface area contributed by atoms with Crippen molar-refractivity contribution < 1.29 is 0 Å². The van der Waals surface area contributed by atoms with E-state index in [4.69, 9.17) is 4.98 Å². The maximum absolute atomic E-state index is 4.88. The van der Waals surface area contributed by atoms with Gasteiger partial charge in [-0.05, 0) is 67.4 Å². The molecule has 0 saturated carbocycles. The molecule has 1 heterocycles. The molecule has 29 heavy (non-hydrogen) atoms. The normalized spacial score (nSPS) is 11.8. The first-order valence-corrected chi connectivity index (χ1v) is 10.9. The van der Waals surface area contributed by atoms with E-state index in [9.17, 15) is 0 Å². The summed E-state index contributed by atoms with van der Waals surface area (Å²) in [6.07, 6.45) is 9.94.